The summed E-state index contributed by atoms with van der Waals surface area (Å²) in [6, 6.07) is 7.32. The maximum atomic E-state index is 6.37. The van der Waals surface area contributed by atoms with E-state index in [0.717, 1.165) is 43.9 Å². The van der Waals surface area contributed by atoms with Crippen LogP contribution >= 0.6 is 23.4 Å². The zero-order valence-electron chi connectivity index (χ0n) is 17.0. The van der Waals surface area contributed by atoms with Gasteiger partial charge in [0.05, 0.1) is 10.5 Å². The maximum absolute atomic E-state index is 6.37. The highest BCUT2D eigenvalue weighted by Crippen LogP contribution is 2.28. The Kier molecular flexibility index (Phi) is 7.52. The summed E-state index contributed by atoms with van der Waals surface area (Å²) in [5.41, 5.74) is 1.35. The highest BCUT2D eigenvalue weighted by Gasteiger charge is 2.14. The number of imidazole rings is 1. The first-order valence-electron chi connectivity index (χ1n) is 9.95. The van der Waals surface area contributed by atoms with Gasteiger partial charge in [-0.1, -0.05) is 44.9 Å². The van der Waals surface area contributed by atoms with E-state index in [-0.39, 0.29) is 0 Å². The van der Waals surface area contributed by atoms with Crippen molar-refractivity contribution in [2.45, 2.75) is 27.2 Å². The summed E-state index contributed by atoms with van der Waals surface area (Å²) in [7, 11) is 0. The molecular formula is C20H27Cl2N7. The number of hydrogen-bond donors (Lipinski definition) is 2. The van der Waals surface area contributed by atoms with Crippen LogP contribution in [-0.4, -0.2) is 50.1 Å². The Balaban J connectivity index is 1.68. The van der Waals surface area contributed by atoms with E-state index in [4.69, 9.17) is 23.4 Å². The quantitative estimate of drug-likeness (QED) is 0.466. The van der Waals surface area contributed by atoms with Gasteiger partial charge >= 0.3 is 0 Å². The molecule has 7 nitrogen and oxygen atoms in total. The molecule has 3 rings (SSSR count). The predicted molar refractivity (Wildman–Crippen MR) is 121 cm³/mol. The summed E-state index contributed by atoms with van der Waals surface area (Å²) >= 11 is 12.6. The molecule has 0 fully saturated rings. The first kappa shape index (κ1) is 21.6. The second kappa shape index (κ2) is 10.1. The lowest BCUT2D eigenvalue weighted by Crippen LogP contribution is -2.32. The summed E-state index contributed by atoms with van der Waals surface area (Å²) in [5, 5.41) is 7.04. The summed E-state index contributed by atoms with van der Waals surface area (Å²) < 4.78 is 1.42. The standard InChI is InChI=1S/C20H27Cl2N7/c1-4-14(13-28(5-2)6-3)12-24-17-10-11-23-19(25-17)27-20-26-18-15(21)8-7-9-16(18)29(20)22/h7-11,14H,4-6,12-13H2,1-3H3,(H2,23,24,25,26,27). The van der Waals surface area contributed by atoms with E-state index in [1.165, 1.54) is 4.09 Å². The normalized spacial score (nSPS) is 12.5. The van der Waals surface area contributed by atoms with Crippen LogP contribution in [0.5, 0.6) is 0 Å². The van der Waals surface area contributed by atoms with Gasteiger partial charge in [-0.05, 0) is 37.2 Å². The molecule has 3 aromatic rings. The van der Waals surface area contributed by atoms with E-state index in [0.29, 0.717) is 28.4 Å². The van der Waals surface area contributed by atoms with Gasteiger partial charge in [-0.2, -0.15) is 4.98 Å². The monoisotopic (exact) mass is 435 g/mol. The third-order valence-electron chi connectivity index (χ3n) is 5.02. The van der Waals surface area contributed by atoms with Crippen LogP contribution < -0.4 is 10.6 Å². The van der Waals surface area contributed by atoms with Crippen molar-refractivity contribution >= 4 is 52.1 Å². The second-order valence-electron chi connectivity index (χ2n) is 6.86. The molecule has 29 heavy (non-hydrogen) atoms. The Hall–Kier alpha value is -2.09. The summed E-state index contributed by atoms with van der Waals surface area (Å²) in [6.45, 7) is 10.7. The molecule has 1 atom stereocenters. The number of benzene rings is 1. The minimum Gasteiger partial charge on any atom is -0.370 e. The van der Waals surface area contributed by atoms with Crippen molar-refractivity contribution in [1.29, 1.82) is 0 Å². The van der Waals surface area contributed by atoms with E-state index in [9.17, 15) is 0 Å². The Bertz CT molecular complexity index is 940. The number of aromatic nitrogens is 4. The molecule has 9 heteroatoms. The van der Waals surface area contributed by atoms with Crippen molar-refractivity contribution < 1.29 is 0 Å². The van der Waals surface area contributed by atoms with Gasteiger partial charge in [-0.25, -0.2) is 14.1 Å². The molecule has 2 aromatic heterocycles. The van der Waals surface area contributed by atoms with E-state index in [1.807, 2.05) is 18.2 Å². The van der Waals surface area contributed by atoms with Crippen molar-refractivity contribution in [3.05, 3.63) is 35.5 Å². The van der Waals surface area contributed by atoms with Crippen LogP contribution in [0, 0.1) is 5.92 Å². The maximum Gasteiger partial charge on any atom is 0.231 e. The van der Waals surface area contributed by atoms with Crippen molar-refractivity contribution in [1.82, 2.24) is 23.9 Å². The van der Waals surface area contributed by atoms with Gasteiger partial charge in [0.15, 0.2) is 0 Å². The molecule has 1 aromatic carbocycles. The lowest BCUT2D eigenvalue weighted by atomic mass is 10.1. The smallest absolute Gasteiger partial charge is 0.231 e. The lowest BCUT2D eigenvalue weighted by molar-refractivity contribution is 0.254. The first-order valence-corrected chi connectivity index (χ1v) is 10.7. The van der Waals surface area contributed by atoms with Crippen LogP contribution in [0.3, 0.4) is 0 Å². The summed E-state index contributed by atoms with van der Waals surface area (Å²) in [5.74, 6) is 2.14. The molecule has 0 amide bonds. The van der Waals surface area contributed by atoms with Gasteiger partial charge in [0.2, 0.25) is 11.9 Å². The molecule has 0 bridgehead atoms. The third kappa shape index (κ3) is 5.29. The van der Waals surface area contributed by atoms with E-state index in [2.05, 4.69) is 51.3 Å². The van der Waals surface area contributed by atoms with Crippen LogP contribution in [0.1, 0.15) is 27.2 Å². The van der Waals surface area contributed by atoms with E-state index >= 15 is 0 Å². The van der Waals surface area contributed by atoms with Crippen molar-refractivity contribution in [3.8, 4) is 0 Å². The van der Waals surface area contributed by atoms with Crippen LogP contribution in [-0.2, 0) is 0 Å². The molecule has 2 heterocycles. The number of anilines is 3. The molecule has 0 aliphatic rings. The van der Waals surface area contributed by atoms with Crippen LogP contribution in [0.2, 0.25) is 5.02 Å². The molecule has 0 aliphatic carbocycles. The zero-order valence-corrected chi connectivity index (χ0v) is 18.5. The highest BCUT2D eigenvalue weighted by atomic mass is 35.5. The first-order chi connectivity index (χ1) is 14.0. The van der Waals surface area contributed by atoms with Gasteiger partial charge in [0.1, 0.15) is 11.3 Å². The van der Waals surface area contributed by atoms with Crippen LogP contribution in [0.4, 0.5) is 17.7 Å². The molecule has 2 N–H and O–H groups in total. The molecule has 1 unspecified atom stereocenters. The average Bonchev–Trinajstić information content (AvgIpc) is 3.05. The number of halogens is 2. The van der Waals surface area contributed by atoms with Crippen molar-refractivity contribution in [2.24, 2.45) is 5.92 Å². The van der Waals surface area contributed by atoms with Crippen LogP contribution in [0.25, 0.3) is 11.0 Å². The largest absolute Gasteiger partial charge is 0.370 e. The Morgan fingerprint density at radius 2 is 1.93 bits per heavy atom. The minimum absolute atomic E-state index is 0.417. The van der Waals surface area contributed by atoms with E-state index < -0.39 is 0 Å². The average molecular weight is 436 g/mol. The molecule has 156 valence electrons. The van der Waals surface area contributed by atoms with Gasteiger partial charge in [0.25, 0.3) is 0 Å². The van der Waals surface area contributed by atoms with Gasteiger partial charge in [-0.15, -0.1) is 0 Å². The fourth-order valence-electron chi connectivity index (χ4n) is 3.17. The van der Waals surface area contributed by atoms with Crippen molar-refractivity contribution in [2.75, 3.05) is 36.8 Å². The van der Waals surface area contributed by atoms with Gasteiger partial charge in [-0.3, -0.25) is 5.32 Å². The molecular weight excluding hydrogens is 409 g/mol. The minimum atomic E-state index is 0.417. The Morgan fingerprint density at radius 1 is 1.14 bits per heavy atom. The van der Waals surface area contributed by atoms with Gasteiger partial charge < -0.3 is 10.2 Å². The number of nitrogens with one attached hydrogen (secondary N) is 2. The van der Waals surface area contributed by atoms with Crippen LogP contribution in [0.15, 0.2) is 30.5 Å². The fourth-order valence-corrected chi connectivity index (χ4v) is 3.59. The van der Waals surface area contributed by atoms with Gasteiger partial charge in [0, 0.05) is 31.1 Å². The molecule has 0 saturated heterocycles. The summed E-state index contributed by atoms with van der Waals surface area (Å²) in [6.07, 6.45) is 2.81. The zero-order chi connectivity index (χ0) is 20.8. The topological polar surface area (TPSA) is 70.9 Å². The number of para-hydroxylation sites is 1. The SMILES string of the molecule is CCC(CNc1ccnc(Nc2nc3c(Cl)cccc3n2Cl)n1)CN(CC)CC. The summed E-state index contributed by atoms with van der Waals surface area (Å²) in [4.78, 5) is 15.7. The molecule has 0 spiro atoms. The number of nitrogens with zero attached hydrogens (tertiary/aromatic N) is 5. The molecule has 0 aliphatic heterocycles. The van der Waals surface area contributed by atoms with Crippen molar-refractivity contribution in [3.63, 3.8) is 0 Å². The highest BCUT2D eigenvalue weighted by molar-refractivity contribution is 6.35. The Labute approximate surface area is 181 Å². The molecule has 0 radical (unpaired) electrons. The second-order valence-corrected chi connectivity index (χ2v) is 7.60. The Morgan fingerprint density at radius 3 is 2.62 bits per heavy atom. The molecule has 0 saturated carbocycles. The predicted octanol–water partition coefficient (Wildman–Crippen LogP) is 5.01. The number of hydrogen-bond acceptors (Lipinski definition) is 6. The number of rotatable bonds is 10. The lowest BCUT2D eigenvalue weighted by Gasteiger charge is -2.24. The fraction of sp³-hybridized carbons (Fsp3) is 0.450. The van der Waals surface area contributed by atoms with E-state index in [1.54, 1.807) is 12.3 Å². The number of fused-ring (bicyclic) bond motifs is 1. The third-order valence-corrected chi connectivity index (χ3v) is 5.67.